The van der Waals surface area contributed by atoms with Crippen molar-refractivity contribution < 1.29 is 22.5 Å². The predicted octanol–water partition coefficient (Wildman–Crippen LogP) is 1.27. The topological polar surface area (TPSA) is 102 Å². The van der Waals surface area contributed by atoms with Crippen molar-refractivity contribution in [3.8, 4) is 0 Å². The fraction of sp³-hybridized carbons (Fsp3) is 0.667. The molecular formula is C12H21N3O5S. The summed E-state index contributed by atoms with van der Waals surface area (Å²) < 4.78 is 34.5. The van der Waals surface area contributed by atoms with E-state index in [9.17, 15) is 13.2 Å². The Bertz CT molecular complexity index is 588. The lowest BCUT2D eigenvalue weighted by Gasteiger charge is -2.21. The number of hydrogen-bond donors (Lipinski definition) is 1. The Morgan fingerprint density at radius 1 is 1.48 bits per heavy atom. The molecule has 0 aromatic carbocycles. The Morgan fingerprint density at radius 2 is 2.10 bits per heavy atom. The van der Waals surface area contributed by atoms with E-state index in [1.54, 1.807) is 27.7 Å². The van der Waals surface area contributed by atoms with Crippen LogP contribution in [0.15, 0.2) is 10.6 Å². The van der Waals surface area contributed by atoms with Gasteiger partial charge in [-0.25, -0.2) is 17.5 Å². The maximum Gasteiger partial charge on any atom is 0.407 e. The van der Waals surface area contributed by atoms with E-state index in [-0.39, 0.29) is 18.9 Å². The Labute approximate surface area is 124 Å². The van der Waals surface area contributed by atoms with E-state index in [0.29, 0.717) is 5.76 Å². The van der Waals surface area contributed by atoms with Crippen LogP contribution in [0.5, 0.6) is 0 Å². The number of nitrogens with zero attached hydrogens (tertiary/aromatic N) is 2. The minimum Gasteiger partial charge on any atom is -0.444 e. The summed E-state index contributed by atoms with van der Waals surface area (Å²) in [6.45, 7) is 7.02. The molecule has 8 nitrogen and oxygen atoms in total. The summed E-state index contributed by atoms with van der Waals surface area (Å²) in [4.78, 5) is 11.5. The zero-order valence-corrected chi connectivity index (χ0v) is 13.7. The number of hydrogen-bond acceptors (Lipinski definition) is 6. The van der Waals surface area contributed by atoms with Gasteiger partial charge >= 0.3 is 6.09 Å². The average Bonchev–Trinajstić information content (AvgIpc) is 2.66. The number of amides is 1. The lowest BCUT2D eigenvalue weighted by Crippen LogP contribution is -2.40. The van der Waals surface area contributed by atoms with Crippen molar-refractivity contribution in [3.63, 3.8) is 0 Å². The molecule has 9 heteroatoms. The molecule has 1 aromatic rings. The number of aryl methyl sites for hydroxylation is 1. The highest BCUT2D eigenvalue weighted by molar-refractivity contribution is 7.92. The van der Waals surface area contributed by atoms with Gasteiger partial charge in [0, 0.05) is 12.6 Å². The van der Waals surface area contributed by atoms with Crippen LogP contribution in [-0.2, 0) is 14.8 Å². The largest absolute Gasteiger partial charge is 0.444 e. The third-order valence-electron chi connectivity index (χ3n) is 2.25. The number of ether oxygens (including phenoxy) is 1. The zero-order chi connectivity index (χ0) is 16.3. The second-order valence-electron chi connectivity index (χ2n) is 5.56. The van der Waals surface area contributed by atoms with Crippen LogP contribution in [0.4, 0.5) is 10.6 Å². The van der Waals surface area contributed by atoms with E-state index in [1.165, 1.54) is 6.07 Å². The van der Waals surface area contributed by atoms with Crippen molar-refractivity contribution in [2.75, 3.05) is 23.7 Å². The molecule has 0 unspecified atom stereocenters. The monoisotopic (exact) mass is 319 g/mol. The molecule has 0 saturated carbocycles. The molecule has 0 aliphatic carbocycles. The number of alkyl carbamates (subject to hydrolysis) is 1. The molecule has 0 bridgehead atoms. The highest BCUT2D eigenvalue weighted by Crippen LogP contribution is 2.16. The first-order chi connectivity index (χ1) is 9.49. The molecule has 0 spiro atoms. The number of aromatic nitrogens is 1. The summed E-state index contributed by atoms with van der Waals surface area (Å²) >= 11 is 0. The summed E-state index contributed by atoms with van der Waals surface area (Å²) in [5.41, 5.74) is -0.607. The minimum absolute atomic E-state index is 0.0318. The number of rotatable bonds is 5. The first kappa shape index (κ1) is 17.3. The van der Waals surface area contributed by atoms with Gasteiger partial charge in [-0.1, -0.05) is 5.16 Å². The van der Waals surface area contributed by atoms with Crippen molar-refractivity contribution >= 4 is 21.9 Å². The van der Waals surface area contributed by atoms with Crippen LogP contribution in [0.1, 0.15) is 26.5 Å². The quantitative estimate of drug-likeness (QED) is 0.877. The number of carbonyl (C=O) groups is 1. The van der Waals surface area contributed by atoms with Crippen LogP contribution in [0.25, 0.3) is 0 Å². The van der Waals surface area contributed by atoms with Crippen LogP contribution in [-0.4, -0.2) is 44.6 Å². The van der Waals surface area contributed by atoms with Crippen molar-refractivity contribution in [2.24, 2.45) is 0 Å². The van der Waals surface area contributed by atoms with Gasteiger partial charge in [0.25, 0.3) is 0 Å². The molecular weight excluding hydrogens is 298 g/mol. The molecule has 1 rings (SSSR count). The summed E-state index contributed by atoms with van der Waals surface area (Å²) in [5.74, 6) is 0.680. The smallest absolute Gasteiger partial charge is 0.407 e. The van der Waals surface area contributed by atoms with Crippen LogP contribution < -0.4 is 9.62 Å². The molecule has 1 aromatic heterocycles. The van der Waals surface area contributed by atoms with E-state index >= 15 is 0 Å². The Balaban J connectivity index is 2.63. The number of nitrogens with one attached hydrogen (secondary N) is 1. The third kappa shape index (κ3) is 6.03. The molecule has 1 amide bonds. The van der Waals surface area contributed by atoms with Crippen molar-refractivity contribution in [2.45, 2.75) is 33.3 Å². The second kappa shape index (κ2) is 6.33. The summed E-state index contributed by atoms with van der Waals surface area (Å²) in [6.07, 6.45) is 0.456. The van der Waals surface area contributed by atoms with Crippen LogP contribution in [0.2, 0.25) is 0 Å². The van der Waals surface area contributed by atoms with Crippen LogP contribution >= 0.6 is 0 Å². The molecule has 0 radical (unpaired) electrons. The standard InChI is InChI=1S/C12H21N3O5S/c1-9-8-10(14-20-9)15(21(5,17)18)7-6-13-11(16)19-12(2,3)4/h8H,6-7H2,1-5H3,(H,13,16). The second-order valence-corrected chi connectivity index (χ2v) is 7.47. The fourth-order valence-electron chi connectivity index (χ4n) is 1.49. The summed E-state index contributed by atoms with van der Waals surface area (Å²) in [5, 5.41) is 6.16. The van der Waals surface area contributed by atoms with Gasteiger partial charge in [-0.15, -0.1) is 0 Å². The summed E-state index contributed by atoms with van der Waals surface area (Å²) in [7, 11) is -3.52. The van der Waals surface area contributed by atoms with Gasteiger partial charge in [-0.3, -0.25) is 0 Å². The first-order valence-corrected chi connectivity index (χ1v) is 8.22. The van der Waals surface area contributed by atoms with Gasteiger partial charge in [0.2, 0.25) is 10.0 Å². The molecule has 120 valence electrons. The van der Waals surface area contributed by atoms with Crippen LogP contribution in [0.3, 0.4) is 0 Å². The maximum absolute atomic E-state index is 11.7. The molecule has 0 saturated heterocycles. The molecule has 21 heavy (non-hydrogen) atoms. The molecule has 1 heterocycles. The number of carbonyl (C=O) groups excluding carboxylic acids is 1. The van der Waals surface area contributed by atoms with Gasteiger partial charge in [0.15, 0.2) is 5.82 Å². The van der Waals surface area contributed by atoms with Crippen LogP contribution in [0, 0.1) is 6.92 Å². The molecule has 0 aliphatic heterocycles. The van der Waals surface area contributed by atoms with Gasteiger partial charge in [0.1, 0.15) is 11.4 Å². The van der Waals surface area contributed by atoms with Crippen molar-refractivity contribution in [1.29, 1.82) is 0 Å². The van der Waals surface area contributed by atoms with Gasteiger partial charge < -0.3 is 14.6 Å². The lowest BCUT2D eigenvalue weighted by atomic mass is 10.2. The van der Waals surface area contributed by atoms with E-state index in [0.717, 1.165) is 10.6 Å². The minimum atomic E-state index is -3.52. The van der Waals surface area contributed by atoms with E-state index < -0.39 is 21.7 Å². The Kier molecular flexibility index (Phi) is 5.21. The average molecular weight is 319 g/mol. The first-order valence-electron chi connectivity index (χ1n) is 6.37. The molecule has 0 aliphatic rings. The SMILES string of the molecule is Cc1cc(N(CCNC(=O)OC(C)(C)C)S(C)(=O)=O)no1. The lowest BCUT2D eigenvalue weighted by molar-refractivity contribution is 0.0529. The fourth-order valence-corrected chi connectivity index (χ4v) is 2.34. The van der Waals surface area contributed by atoms with Gasteiger partial charge in [-0.2, -0.15) is 0 Å². The predicted molar refractivity (Wildman–Crippen MR) is 77.7 cm³/mol. The van der Waals surface area contributed by atoms with Crippen molar-refractivity contribution in [1.82, 2.24) is 10.5 Å². The number of sulfonamides is 1. The van der Waals surface area contributed by atoms with Crippen molar-refractivity contribution in [3.05, 3.63) is 11.8 Å². The Morgan fingerprint density at radius 3 is 2.52 bits per heavy atom. The number of anilines is 1. The van der Waals surface area contributed by atoms with E-state index in [2.05, 4.69) is 10.5 Å². The van der Waals surface area contributed by atoms with Gasteiger partial charge in [0.05, 0.1) is 12.8 Å². The highest BCUT2D eigenvalue weighted by Gasteiger charge is 2.21. The molecule has 0 fully saturated rings. The summed E-state index contributed by atoms with van der Waals surface area (Å²) in [6, 6.07) is 1.51. The Hall–Kier alpha value is -1.77. The third-order valence-corrected chi connectivity index (χ3v) is 3.42. The zero-order valence-electron chi connectivity index (χ0n) is 12.8. The normalized spacial score (nSPS) is 12.0. The molecule has 1 N–H and O–H groups in total. The highest BCUT2D eigenvalue weighted by atomic mass is 32.2. The van der Waals surface area contributed by atoms with E-state index in [4.69, 9.17) is 9.26 Å². The van der Waals surface area contributed by atoms with Gasteiger partial charge in [-0.05, 0) is 27.7 Å². The molecule has 0 atom stereocenters. The maximum atomic E-state index is 11.7. The van der Waals surface area contributed by atoms with E-state index in [1.807, 2.05) is 0 Å².